The first-order valence-electron chi connectivity index (χ1n) is 11.1. The van der Waals surface area contributed by atoms with Gasteiger partial charge in [-0.3, -0.25) is 19.2 Å². The van der Waals surface area contributed by atoms with E-state index in [-0.39, 0.29) is 42.6 Å². The Morgan fingerprint density at radius 1 is 1.11 bits per heavy atom. The Balaban J connectivity index is 1.61. The zero-order valence-electron chi connectivity index (χ0n) is 19.8. The number of carbonyl (C=O) groups excluding carboxylic acids is 2. The van der Waals surface area contributed by atoms with Crippen molar-refractivity contribution in [2.24, 2.45) is 0 Å². The van der Waals surface area contributed by atoms with Crippen LogP contribution in [0.4, 0.5) is 4.39 Å². The number of ether oxygens (including phenoxy) is 1. The van der Waals surface area contributed by atoms with Gasteiger partial charge in [0.2, 0.25) is 15.9 Å². The quantitative estimate of drug-likeness (QED) is 0.569. The number of nitrogens with zero attached hydrogens (tertiary/aromatic N) is 2. The molecule has 1 fully saturated rings. The van der Waals surface area contributed by atoms with E-state index in [1.165, 1.54) is 18.2 Å². The molecule has 8 nitrogen and oxygen atoms in total. The lowest BCUT2D eigenvalue weighted by Gasteiger charge is -2.44. The first-order valence-corrected chi connectivity index (χ1v) is 13.4. The number of nitrogens with one attached hydrogen (secondary N) is 1. The van der Waals surface area contributed by atoms with Crippen molar-refractivity contribution in [1.29, 1.82) is 0 Å². The molecule has 1 saturated heterocycles. The SMILES string of the molecule is CC1CN(C(=O)COc2cc(Cl)ccc2CC(=O)NS(C)(=O)=O)C(C)CN1Cc1ccc(F)cc1. The van der Waals surface area contributed by atoms with Gasteiger partial charge in [-0.15, -0.1) is 0 Å². The average Bonchev–Trinajstić information content (AvgIpc) is 2.76. The van der Waals surface area contributed by atoms with Crippen LogP contribution in [0.1, 0.15) is 25.0 Å². The molecule has 1 aliphatic rings. The molecule has 0 saturated carbocycles. The average molecular weight is 526 g/mol. The molecular weight excluding hydrogens is 497 g/mol. The van der Waals surface area contributed by atoms with Gasteiger partial charge in [-0.2, -0.15) is 0 Å². The van der Waals surface area contributed by atoms with Crippen molar-refractivity contribution in [3.05, 3.63) is 64.4 Å². The van der Waals surface area contributed by atoms with Gasteiger partial charge in [-0.1, -0.05) is 29.8 Å². The first kappa shape index (κ1) is 26.9. The van der Waals surface area contributed by atoms with Crippen LogP contribution in [0, 0.1) is 5.82 Å². The number of amides is 2. The number of piperazine rings is 1. The molecule has 0 spiro atoms. The Bertz CT molecular complexity index is 1180. The van der Waals surface area contributed by atoms with Gasteiger partial charge in [0.1, 0.15) is 11.6 Å². The number of benzene rings is 2. The van der Waals surface area contributed by atoms with Crippen LogP contribution in [-0.4, -0.2) is 68.1 Å². The van der Waals surface area contributed by atoms with Crippen LogP contribution >= 0.6 is 11.6 Å². The van der Waals surface area contributed by atoms with Gasteiger partial charge in [0.05, 0.1) is 12.7 Å². The van der Waals surface area contributed by atoms with E-state index >= 15 is 0 Å². The standard InChI is InChI=1S/C24H29ClFN3O5S/c1-16-13-29(17(2)12-28(16)14-18-4-8-21(26)9-5-18)24(31)15-34-22-11-20(25)7-6-19(22)10-23(30)27-35(3,32)33/h4-9,11,16-17H,10,12-15H2,1-3H3,(H,27,30). The van der Waals surface area contributed by atoms with Gasteiger partial charge in [-0.25, -0.2) is 12.8 Å². The van der Waals surface area contributed by atoms with Gasteiger partial charge in [0.25, 0.3) is 5.91 Å². The lowest BCUT2D eigenvalue weighted by Crippen LogP contribution is -2.58. The normalized spacial score (nSPS) is 18.8. The third-order valence-corrected chi connectivity index (χ3v) is 6.60. The molecule has 0 radical (unpaired) electrons. The number of halogens is 2. The molecule has 1 aliphatic heterocycles. The van der Waals surface area contributed by atoms with Crippen molar-refractivity contribution in [3.63, 3.8) is 0 Å². The lowest BCUT2D eigenvalue weighted by molar-refractivity contribution is -0.139. The molecule has 1 heterocycles. The van der Waals surface area contributed by atoms with Gasteiger partial charge < -0.3 is 9.64 Å². The Hall–Kier alpha value is -2.69. The Labute approximate surface area is 210 Å². The predicted molar refractivity (Wildman–Crippen MR) is 131 cm³/mol. The summed E-state index contributed by atoms with van der Waals surface area (Å²) in [6.07, 6.45) is 0.646. The van der Waals surface area contributed by atoms with Crippen molar-refractivity contribution in [2.45, 2.75) is 38.9 Å². The second kappa shape index (κ2) is 11.4. The minimum absolute atomic E-state index is 0.0675. The van der Waals surface area contributed by atoms with Crippen molar-refractivity contribution in [3.8, 4) is 5.75 Å². The second-order valence-corrected chi connectivity index (χ2v) is 11.0. The highest BCUT2D eigenvalue weighted by molar-refractivity contribution is 7.89. The molecule has 2 aromatic rings. The number of hydrogen-bond donors (Lipinski definition) is 1. The molecule has 2 amide bonds. The molecule has 0 bridgehead atoms. The summed E-state index contributed by atoms with van der Waals surface area (Å²) >= 11 is 6.06. The van der Waals surface area contributed by atoms with Crippen LogP contribution < -0.4 is 9.46 Å². The molecule has 0 aliphatic carbocycles. The van der Waals surface area contributed by atoms with Crippen molar-refractivity contribution in [1.82, 2.24) is 14.5 Å². The molecule has 190 valence electrons. The maximum absolute atomic E-state index is 13.2. The van der Waals surface area contributed by atoms with E-state index < -0.39 is 15.9 Å². The van der Waals surface area contributed by atoms with Crippen LogP contribution in [0.15, 0.2) is 42.5 Å². The number of sulfonamides is 1. The molecule has 2 unspecified atom stereocenters. The summed E-state index contributed by atoms with van der Waals surface area (Å²) in [7, 11) is -3.69. The minimum Gasteiger partial charge on any atom is -0.483 e. The molecule has 2 atom stereocenters. The zero-order chi connectivity index (χ0) is 25.8. The topological polar surface area (TPSA) is 96.0 Å². The maximum Gasteiger partial charge on any atom is 0.260 e. The zero-order valence-corrected chi connectivity index (χ0v) is 21.4. The van der Waals surface area contributed by atoms with E-state index in [1.807, 2.05) is 18.6 Å². The van der Waals surface area contributed by atoms with Crippen LogP contribution in [0.5, 0.6) is 5.75 Å². The van der Waals surface area contributed by atoms with Gasteiger partial charge in [-0.05, 0) is 43.7 Å². The highest BCUT2D eigenvalue weighted by Crippen LogP contribution is 2.25. The summed E-state index contributed by atoms with van der Waals surface area (Å²) in [5.74, 6) is -0.961. The largest absolute Gasteiger partial charge is 0.483 e. The second-order valence-electron chi connectivity index (χ2n) is 8.81. The van der Waals surface area contributed by atoms with E-state index in [9.17, 15) is 22.4 Å². The van der Waals surface area contributed by atoms with Gasteiger partial charge >= 0.3 is 0 Å². The highest BCUT2D eigenvalue weighted by Gasteiger charge is 2.32. The third-order valence-electron chi connectivity index (χ3n) is 5.76. The fourth-order valence-corrected chi connectivity index (χ4v) is 4.69. The monoisotopic (exact) mass is 525 g/mol. The summed E-state index contributed by atoms with van der Waals surface area (Å²) in [5, 5.41) is 0.358. The fourth-order valence-electron chi connectivity index (χ4n) is 4.04. The van der Waals surface area contributed by atoms with Crippen molar-refractivity contribution >= 4 is 33.4 Å². The Morgan fingerprint density at radius 3 is 2.46 bits per heavy atom. The smallest absolute Gasteiger partial charge is 0.260 e. The summed E-state index contributed by atoms with van der Waals surface area (Å²) in [4.78, 5) is 29.0. The third kappa shape index (κ3) is 7.91. The lowest BCUT2D eigenvalue weighted by atomic mass is 10.1. The molecule has 35 heavy (non-hydrogen) atoms. The molecular formula is C24H29ClFN3O5S. The summed E-state index contributed by atoms with van der Waals surface area (Å²) in [6, 6.07) is 11.0. The Kier molecular flexibility index (Phi) is 8.74. The van der Waals surface area contributed by atoms with E-state index in [0.29, 0.717) is 30.2 Å². The number of hydrogen-bond acceptors (Lipinski definition) is 6. The summed E-state index contributed by atoms with van der Waals surface area (Å²) < 4.78 is 43.4. The van der Waals surface area contributed by atoms with E-state index in [0.717, 1.165) is 11.8 Å². The number of rotatable bonds is 8. The van der Waals surface area contributed by atoms with Crippen LogP contribution in [0.25, 0.3) is 0 Å². The van der Waals surface area contributed by atoms with E-state index in [1.54, 1.807) is 29.2 Å². The minimum atomic E-state index is -3.69. The number of carbonyl (C=O) groups is 2. The van der Waals surface area contributed by atoms with Gasteiger partial charge in [0.15, 0.2) is 6.61 Å². The van der Waals surface area contributed by atoms with Crippen molar-refractivity contribution < 1.29 is 27.1 Å². The molecule has 2 aromatic carbocycles. The molecule has 3 rings (SSSR count). The van der Waals surface area contributed by atoms with E-state index in [4.69, 9.17) is 16.3 Å². The fraction of sp³-hybridized carbons (Fsp3) is 0.417. The Morgan fingerprint density at radius 2 is 1.80 bits per heavy atom. The van der Waals surface area contributed by atoms with Crippen molar-refractivity contribution in [2.75, 3.05) is 26.0 Å². The van der Waals surface area contributed by atoms with Crippen LogP contribution in [-0.2, 0) is 32.6 Å². The van der Waals surface area contributed by atoms with E-state index in [2.05, 4.69) is 4.90 Å². The highest BCUT2D eigenvalue weighted by atomic mass is 35.5. The first-order chi connectivity index (χ1) is 16.4. The predicted octanol–water partition coefficient (Wildman–Crippen LogP) is 2.60. The summed E-state index contributed by atoms with van der Waals surface area (Å²) in [6.45, 7) is 5.55. The van der Waals surface area contributed by atoms with Gasteiger partial charge in [0, 0.05) is 42.3 Å². The molecule has 11 heteroatoms. The maximum atomic E-state index is 13.2. The van der Waals surface area contributed by atoms with Crippen LogP contribution in [0.3, 0.4) is 0 Å². The van der Waals surface area contributed by atoms with Crippen LogP contribution in [0.2, 0.25) is 5.02 Å². The molecule has 0 aromatic heterocycles. The molecule has 1 N–H and O–H groups in total. The summed E-state index contributed by atoms with van der Waals surface area (Å²) in [5.41, 5.74) is 1.41.